The van der Waals surface area contributed by atoms with Gasteiger partial charge in [0.2, 0.25) is 0 Å². The van der Waals surface area contributed by atoms with Gasteiger partial charge in [0.1, 0.15) is 0 Å². The summed E-state index contributed by atoms with van der Waals surface area (Å²) in [6.07, 6.45) is 3.35. The van der Waals surface area contributed by atoms with Crippen LogP contribution in [-0.4, -0.2) is 12.6 Å². The van der Waals surface area contributed by atoms with E-state index in [1.54, 1.807) is 0 Å². The Hall–Kier alpha value is -1.02. The van der Waals surface area contributed by atoms with Crippen LogP contribution in [0.3, 0.4) is 0 Å². The Morgan fingerprint density at radius 2 is 2.36 bits per heavy atom. The third-order valence-corrected chi connectivity index (χ3v) is 2.77. The van der Waals surface area contributed by atoms with Crippen molar-refractivity contribution in [2.24, 2.45) is 5.73 Å². The van der Waals surface area contributed by atoms with Crippen LogP contribution >= 0.6 is 0 Å². The molecule has 1 aliphatic heterocycles. The van der Waals surface area contributed by atoms with Gasteiger partial charge >= 0.3 is 0 Å². The van der Waals surface area contributed by atoms with E-state index in [4.69, 9.17) is 5.73 Å². The molecule has 1 aromatic carbocycles. The van der Waals surface area contributed by atoms with Crippen LogP contribution in [0.5, 0.6) is 0 Å². The minimum Gasteiger partial charge on any atom is -0.384 e. The number of fused-ring (bicyclic) bond motifs is 1. The second-order valence-corrected chi connectivity index (χ2v) is 4.18. The van der Waals surface area contributed by atoms with Gasteiger partial charge in [0.05, 0.1) is 0 Å². The van der Waals surface area contributed by atoms with Gasteiger partial charge in [0.25, 0.3) is 0 Å². The lowest BCUT2D eigenvalue weighted by atomic mass is 10.0. The molecule has 2 heteroatoms. The standard InChI is InChI=1S/C12H18N2/c1-9(13)2-3-10-4-5-12-11(8-10)6-7-14-12/h4-5,8-9,14H,2-3,6-7,13H2,1H3. The molecular weight excluding hydrogens is 172 g/mol. The van der Waals surface area contributed by atoms with Crippen molar-refractivity contribution in [3.8, 4) is 0 Å². The van der Waals surface area contributed by atoms with E-state index in [0.29, 0.717) is 6.04 Å². The van der Waals surface area contributed by atoms with Gasteiger partial charge in [-0.3, -0.25) is 0 Å². The van der Waals surface area contributed by atoms with E-state index in [-0.39, 0.29) is 0 Å². The molecule has 1 aromatic rings. The number of nitrogens with two attached hydrogens (primary N) is 1. The quantitative estimate of drug-likeness (QED) is 0.764. The predicted octanol–water partition coefficient (Wildman–Crippen LogP) is 1.93. The number of benzene rings is 1. The normalized spacial score (nSPS) is 16.1. The Morgan fingerprint density at radius 1 is 1.50 bits per heavy atom. The molecule has 1 heterocycles. The highest BCUT2D eigenvalue weighted by Crippen LogP contribution is 2.23. The van der Waals surface area contributed by atoms with E-state index in [9.17, 15) is 0 Å². The fourth-order valence-corrected chi connectivity index (χ4v) is 1.91. The largest absolute Gasteiger partial charge is 0.384 e. The molecule has 1 aliphatic rings. The number of anilines is 1. The fraction of sp³-hybridized carbons (Fsp3) is 0.500. The summed E-state index contributed by atoms with van der Waals surface area (Å²) >= 11 is 0. The number of aryl methyl sites for hydroxylation is 1. The second kappa shape index (κ2) is 4.01. The Balaban J connectivity index is 2.05. The molecule has 0 aromatic heterocycles. The summed E-state index contributed by atoms with van der Waals surface area (Å²) < 4.78 is 0. The number of hydrogen-bond acceptors (Lipinski definition) is 2. The molecule has 2 nitrogen and oxygen atoms in total. The summed E-state index contributed by atoms with van der Waals surface area (Å²) in [7, 11) is 0. The molecule has 1 unspecified atom stereocenters. The summed E-state index contributed by atoms with van der Waals surface area (Å²) in [5.74, 6) is 0. The zero-order valence-corrected chi connectivity index (χ0v) is 8.72. The second-order valence-electron chi connectivity index (χ2n) is 4.18. The minimum atomic E-state index is 0.307. The third kappa shape index (κ3) is 2.07. The van der Waals surface area contributed by atoms with E-state index in [1.807, 2.05) is 0 Å². The van der Waals surface area contributed by atoms with Crippen molar-refractivity contribution in [3.63, 3.8) is 0 Å². The highest BCUT2D eigenvalue weighted by Gasteiger charge is 2.09. The Morgan fingerprint density at radius 3 is 3.14 bits per heavy atom. The zero-order chi connectivity index (χ0) is 9.97. The first-order valence-corrected chi connectivity index (χ1v) is 5.37. The van der Waals surface area contributed by atoms with Crippen LogP contribution in [0.2, 0.25) is 0 Å². The van der Waals surface area contributed by atoms with E-state index >= 15 is 0 Å². The van der Waals surface area contributed by atoms with Crippen LogP contribution in [0, 0.1) is 0 Å². The summed E-state index contributed by atoms with van der Waals surface area (Å²) in [5, 5.41) is 3.37. The van der Waals surface area contributed by atoms with Crippen LogP contribution in [0.25, 0.3) is 0 Å². The van der Waals surface area contributed by atoms with Crippen LogP contribution in [0.1, 0.15) is 24.5 Å². The van der Waals surface area contributed by atoms with Gasteiger partial charge in [-0.2, -0.15) is 0 Å². The van der Waals surface area contributed by atoms with Crippen LogP contribution < -0.4 is 11.1 Å². The molecule has 14 heavy (non-hydrogen) atoms. The SMILES string of the molecule is CC(N)CCc1ccc2c(c1)CCN2. The molecule has 1 atom stereocenters. The summed E-state index contributed by atoms with van der Waals surface area (Å²) in [6, 6.07) is 7.03. The molecular formula is C12H18N2. The van der Waals surface area contributed by atoms with Gasteiger partial charge in [0, 0.05) is 18.3 Å². The van der Waals surface area contributed by atoms with Crippen molar-refractivity contribution in [3.05, 3.63) is 29.3 Å². The monoisotopic (exact) mass is 190 g/mol. The molecule has 0 radical (unpaired) electrons. The predicted molar refractivity (Wildman–Crippen MR) is 60.6 cm³/mol. The van der Waals surface area contributed by atoms with Gasteiger partial charge < -0.3 is 11.1 Å². The maximum absolute atomic E-state index is 5.74. The highest BCUT2D eigenvalue weighted by molar-refractivity contribution is 5.56. The molecule has 0 fully saturated rings. The zero-order valence-electron chi connectivity index (χ0n) is 8.72. The molecule has 0 saturated carbocycles. The first-order chi connectivity index (χ1) is 6.75. The van der Waals surface area contributed by atoms with E-state index < -0.39 is 0 Å². The van der Waals surface area contributed by atoms with Gasteiger partial charge in [-0.25, -0.2) is 0 Å². The number of hydrogen-bond donors (Lipinski definition) is 2. The fourth-order valence-electron chi connectivity index (χ4n) is 1.91. The van der Waals surface area contributed by atoms with Crippen molar-refractivity contribution < 1.29 is 0 Å². The van der Waals surface area contributed by atoms with E-state index in [2.05, 4.69) is 30.4 Å². The smallest absolute Gasteiger partial charge is 0.0373 e. The van der Waals surface area contributed by atoms with Crippen molar-refractivity contribution >= 4 is 5.69 Å². The first kappa shape index (κ1) is 9.53. The molecule has 0 amide bonds. The Bertz CT molecular complexity index is 318. The lowest BCUT2D eigenvalue weighted by Crippen LogP contribution is -2.15. The average molecular weight is 190 g/mol. The molecule has 0 aliphatic carbocycles. The molecule has 3 N–H and O–H groups in total. The topological polar surface area (TPSA) is 38.0 Å². The Kier molecular flexibility index (Phi) is 2.73. The maximum atomic E-state index is 5.74. The lowest BCUT2D eigenvalue weighted by molar-refractivity contribution is 0.666. The molecule has 76 valence electrons. The third-order valence-electron chi connectivity index (χ3n) is 2.77. The van der Waals surface area contributed by atoms with Gasteiger partial charge in [-0.15, -0.1) is 0 Å². The Labute approximate surface area is 85.5 Å². The highest BCUT2D eigenvalue weighted by atomic mass is 14.9. The minimum absolute atomic E-state index is 0.307. The van der Waals surface area contributed by atoms with Crippen LogP contribution in [-0.2, 0) is 12.8 Å². The summed E-state index contributed by atoms with van der Waals surface area (Å²) in [4.78, 5) is 0. The average Bonchev–Trinajstić information content (AvgIpc) is 2.61. The van der Waals surface area contributed by atoms with E-state index in [1.165, 1.54) is 23.2 Å². The van der Waals surface area contributed by atoms with Crippen molar-refractivity contribution in [1.82, 2.24) is 0 Å². The molecule has 2 rings (SSSR count). The molecule has 0 saturated heterocycles. The van der Waals surface area contributed by atoms with Crippen molar-refractivity contribution in [2.75, 3.05) is 11.9 Å². The van der Waals surface area contributed by atoms with Crippen molar-refractivity contribution in [2.45, 2.75) is 32.2 Å². The van der Waals surface area contributed by atoms with Gasteiger partial charge in [0.15, 0.2) is 0 Å². The van der Waals surface area contributed by atoms with Gasteiger partial charge in [-0.1, -0.05) is 12.1 Å². The molecule has 0 spiro atoms. The first-order valence-electron chi connectivity index (χ1n) is 5.37. The molecule has 0 bridgehead atoms. The number of nitrogens with one attached hydrogen (secondary N) is 1. The summed E-state index contributed by atoms with van der Waals surface area (Å²) in [5.41, 5.74) is 9.94. The van der Waals surface area contributed by atoms with E-state index in [0.717, 1.165) is 19.4 Å². The van der Waals surface area contributed by atoms with Crippen LogP contribution in [0.15, 0.2) is 18.2 Å². The van der Waals surface area contributed by atoms with Crippen LogP contribution in [0.4, 0.5) is 5.69 Å². The summed E-state index contributed by atoms with van der Waals surface area (Å²) in [6.45, 7) is 3.15. The maximum Gasteiger partial charge on any atom is 0.0373 e. The number of rotatable bonds is 3. The van der Waals surface area contributed by atoms with Crippen molar-refractivity contribution in [1.29, 1.82) is 0 Å². The lowest BCUT2D eigenvalue weighted by Gasteiger charge is -2.06. The van der Waals surface area contributed by atoms with Gasteiger partial charge in [-0.05, 0) is 43.4 Å².